The second kappa shape index (κ2) is 3.74. The van der Waals surface area contributed by atoms with Gasteiger partial charge in [-0.25, -0.2) is 0 Å². The van der Waals surface area contributed by atoms with E-state index in [0.717, 1.165) is 19.1 Å². The van der Waals surface area contributed by atoms with Crippen LogP contribution < -0.4 is 0 Å². The van der Waals surface area contributed by atoms with Gasteiger partial charge in [-0.1, -0.05) is 26.2 Å². The first-order chi connectivity index (χ1) is 7.34. The molecule has 2 heteroatoms. The van der Waals surface area contributed by atoms with Crippen molar-refractivity contribution in [2.75, 3.05) is 13.2 Å². The Kier molecular flexibility index (Phi) is 2.52. The highest BCUT2D eigenvalue weighted by atomic mass is 16.6. The Balaban J connectivity index is 1.58. The van der Waals surface area contributed by atoms with Crippen LogP contribution in [0.5, 0.6) is 0 Å². The first-order valence-electron chi connectivity index (χ1n) is 6.57. The lowest BCUT2D eigenvalue weighted by atomic mass is 9.63. The van der Waals surface area contributed by atoms with Gasteiger partial charge in [-0.3, -0.25) is 0 Å². The van der Waals surface area contributed by atoms with E-state index in [2.05, 4.69) is 6.92 Å². The normalized spacial score (nSPS) is 41.0. The molecule has 1 spiro atoms. The third kappa shape index (κ3) is 1.72. The number of hydrogen-bond acceptors (Lipinski definition) is 2. The molecule has 3 fully saturated rings. The summed E-state index contributed by atoms with van der Waals surface area (Å²) in [6.45, 7) is 4.30. The van der Waals surface area contributed by atoms with Crippen LogP contribution >= 0.6 is 0 Å². The van der Waals surface area contributed by atoms with Gasteiger partial charge in [0.25, 0.3) is 0 Å². The number of rotatable bonds is 4. The minimum atomic E-state index is 0.533. The van der Waals surface area contributed by atoms with Gasteiger partial charge in [0.05, 0.1) is 25.4 Å². The smallest absolute Gasteiger partial charge is 0.0849 e. The van der Waals surface area contributed by atoms with Crippen molar-refractivity contribution < 1.29 is 9.47 Å². The monoisotopic (exact) mass is 210 g/mol. The highest BCUT2D eigenvalue weighted by Gasteiger charge is 2.58. The maximum absolute atomic E-state index is 5.69. The van der Waals surface area contributed by atoms with E-state index in [-0.39, 0.29) is 0 Å². The maximum Gasteiger partial charge on any atom is 0.0849 e. The third-order valence-corrected chi connectivity index (χ3v) is 4.61. The van der Waals surface area contributed by atoms with Crippen molar-refractivity contribution in [3.05, 3.63) is 0 Å². The molecule has 2 aliphatic heterocycles. The summed E-state index contributed by atoms with van der Waals surface area (Å²) in [5.74, 6) is 0.890. The minimum absolute atomic E-state index is 0.533. The standard InChI is InChI=1S/C13H22O2/c1-2-3-4-5-10-6-11-12(15-11)7-13(10)8-14-9-13/h10-12H,2-9H2,1H3. The quantitative estimate of drug-likeness (QED) is 0.525. The lowest BCUT2D eigenvalue weighted by Crippen LogP contribution is -2.51. The van der Waals surface area contributed by atoms with Gasteiger partial charge in [-0.05, 0) is 25.2 Å². The summed E-state index contributed by atoms with van der Waals surface area (Å²) in [6, 6.07) is 0. The third-order valence-electron chi connectivity index (χ3n) is 4.61. The Hall–Kier alpha value is -0.0800. The van der Waals surface area contributed by atoms with E-state index in [9.17, 15) is 0 Å². The number of unbranched alkanes of at least 4 members (excludes halogenated alkanes) is 2. The van der Waals surface area contributed by atoms with Gasteiger partial charge < -0.3 is 9.47 Å². The van der Waals surface area contributed by atoms with Gasteiger partial charge in [0.2, 0.25) is 0 Å². The highest BCUT2D eigenvalue weighted by molar-refractivity contribution is 5.05. The molecule has 0 bridgehead atoms. The Labute approximate surface area is 92.3 Å². The zero-order valence-corrected chi connectivity index (χ0v) is 9.71. The fourth-order valence-corrected chi connectivity index (χ4v) is 3.45. The van der Waals surface area contributed by atoms with Crippen molar-refractivity contribution in [2.24, 2.45) is 11.3 Å². The van der Waals surface area contributed by atoms with Crippen LogP contribution in [-0.4, -0.2) is 25.4 Å². The Morgan fingerprint density at radius 1 is 1.20 bits per heavy atom. The van der Waals surface area contributed by atoms with Crippen molar-refractivity contribution in [2.45, 2.75) is 57.7 Å². The molecule has 0 N–H and O–H groups in total. The molecule has 3 rings (SSSR count). The minimum Gasteiger partial charge on any atom is -0.380 e. The number of epoxide rings is 1. The van der Waals surface area contributed by atoms with E-state index < -0.39 is 0 Å². The van der Waals surface area contributed by atoms with Gasteiger partial charge >= 0.3 is 0 Å². The van der Waals surface area contributed by atoms with E-state index >= 15 is 0 Å². The first-order valence-corrected chi connectivity index (χ1v) is 6.57. The molecule has 0 aromatic carbocycles. The molecule has 15 heavy (non-hydrogen) atoms. The molecule has 1 saturated carbocycles. The van der Waals surface area contributed by atoms with Crippen LogP contribution in [0.4, 0.5) is 0 Å². The highest BCUT2D eigenvalue weighted by Crippen LogP contribution is 2.54. The molecule has 1 aliphatic carbocycles. The molecular formula is C13H22O2. The van der Waals surface area contributed by atoms with Crippen LogP contribution in [0.15, 0.2) is 0 Å². The van der Waals surface area contributed by atoms with Crippen molar-refractivity contribution in [3.63, 3.8) is 0 Å². The summed E-state index contributed by atoms with van der Waals surface area (Å²) in [7, 11) is 0. The van der Waals surface area contributed by atoms with Crippen LogP contribution in [-0.2, 0) is 9.47 Å². The van der Waals surface area contributed by atoms with E-state index in [1.165, 1.54) is 38.5 Å². The zero-order chi connectivity index (χ0) is 10.3. The fraction of sp³-hybridized carbons (Fsp3) is 1.00. The molecule has 3 atom stereocenters. The van der Waals surface area contributed by atoms with Crippen LogP contribution in [0.25, 0.3) is 0 Å². The summed E-state index contributed by atoms with van der Waals surface area (Å²) in [6.07, 6.45) is 9.37. The molecule has 0 radical (unpaired) electrons. The van der Waals surface area contributed by atoms with Crippen molar-refractivity contribution >= 4 is 0 Å². The summed E-state index contributed by atoms with van der Waals surface area (Å²) in [4.78, 5) is 0. The summed E-state index contributed by atoms with van der Waals surface area (Å²) >= 11 is 0. The van der Waals surface area contributed by atoms with Crippen LogP contribution in [0.1, 0.15) is 45.4 Å². The molecule has 2 nitrogen and oxygen atoms in total. The number of hydrogen-bond donors (Lipinski definition) is 0. The lowest BCUT2D eigenvalue weighted by Gasteiger charge is -2.49. The largest absolute Gasteiger partial charge is 0.380 e. The molecule has 86 valence electrons. The maximum atomic E-state index is 5.69. The Bertz CT molecular complexity index is 235. The molecular weight excluding hydrogens is 188 g/mol. The topological polar surface area (TPSA) is 21.8 Å². The van der Waals surface area contributed by atoms with E-state index in [1.807, 2.05) is 0 Å². The second-order valence-electron chi connectivity index (χ2n) is 5.70. The Morgan fingerprint density at radius 3 is 2.73 bits per heavy atom. The molecule has 0 aromatic rings. The summed E-state index contributed by atoms with van der Waals surface area (Å²) in [5.41, 5.74) is 0.533. The van der Waals surface area contributed by atoms with E-state index in [1.54, 1.807) is 0 Å². The summed E-state index contributed by atoms with van der Waals surface area (Å²) < 4.78 is 11.2. The molecule has 0 aromatic heterocycles. The van der Waals surface area contributed by atoms with Gasteiger partial charge in [-0.15, -0.1) is 0 Å². The summed E-state index contributed by atoms with van der Waals surface area (Å²) in [5, 5.41) is 0. The van der Waals surface area contributed by atoms with Gasteiger partial charge in [0.15, 0.2) is 0 Å². The van der Waals surface area contributed by atoms with Gasteiger partial charge in [-0.2, -0.15) is 0 Å². The molecule has 0 amide bonds. The van der Waals surface area contributed by atoms with Crippen molar-refractivity contribution in [1.82, 2.24) is 0 Å². The SMILES string of the molecule is CCCCCC1CC2OC2CC12COC2. The Morgan fingerprint density at radius 2 is 2.07 bits per heavy atom. The van der Waals surface area contributed by atoms with E-state index in [0.29, 0.717) is 17.6 Å². The first kappa shape index (κ1) is 10.1. The average Bonchev–Trinajstić information content (AvgIpc) is 2.92. The molecule has 2 heterocycles. The van der Waals surface area contributed by atoms with Crippen molar-refractivity contribution in [3.8, 4) is 0 Å². The van der Waals surface area contributed by atoms with Crippen LogP contribution in [0.3, 0.4) is 0 Å². The number of ether oxygens (including phenoxy) is 2. The van der Waals surface area contributed by atoms with Crippen LogP contribution in [0, 0.1) is 11.3 Å². The van der Waals surface area contributed by atoms with Gasteiger partial charge in [0.1, 0.15) is 0 Å². The predicted octanol–water partition coefficient (Wildman–Crippen LogP) is 2.76. The van der Waals surface area contributed by atoms with E-state index in [4.69, 9.17) is 9.47 Å². The number of fused-ring (bicyclic) bond motifs is 1. The van der Waals surface area contributed by atoms with Crippen LogP contribution in [0.2, 0.25) is 0 Å². The van der Waals surface area contributed by atoms with Crippen molar-refractivity contribution in [1.29, 1.82) is 0 Å². The predicted molar refractivity (Wildman–Crippen MR) is 58.8 cm³/mol. The zero-order valence-electron chi connectivity index (χ0n) is 9.71. The van der Waals surface area contributed by atoms with Gasteiger partial charge in [0, 0.05) is 5.41 Å². The average molecular weight is 210 g/mol. The molecule has 3 unspecified atom stereocenters. The molecule has 3 aliphatic rings. The molecule has 2 saturated heterocycles. The lowest BCUT2D eigenvalue weighted by molar-refractivity contribution is -0.159. The second-order valence-corrected chi connectivity index (χ2v) is 5.70. The fourth-order valence-electron chi connectivity index (χ4n) is 3.45.